The predicted octanol–water partition coefficient (Wildman–Crippen LogP) is 1.90. The van der Waals surface area contributed by atoms with Crippen molar-refractivity contribution in [2.75, 3.05) is 14.2 Å². The number of aromatic nitrogens is 6. The van der Waals surface area contributed by atoms with Gasteiger partial charge in [0, 0.05) is 13.1 Å². The van der Waals surface area contributed by atoms with E-state index in [9.17, 15) is 39.0 Å². The third-order valence-electron chi connectivity index (χ3n) is 10.2. The van der Waals surface area contributed by atoms with Gasteiger partial charge in [0.1, 0.15) is 22.9 Å². The molecule has 0 unspecified atom stereocenters. The van der Waals surface area contributed by atoms with Gasteiger partial charge in [0.05, 0.1) is 86.1 Å². The fourth-order valence-corrected chi connectivity index (χ4v) is 6.51. The number of fused-ring (bicyclic) bond motifs is 2. The van der Waals surface area contributed by atoms with Crippen LogP contribution in [-0.4, -0.2) is 105 Å². The van der Waals surface area contributed by atoms with Gasteiger partial charge in [0.2, 0.25) is 0 Å². The molecule has 19 heteroatoms. The molecule has 0 spiro atoms. The summed E-state index contributed by atoms with van der Waals surface area (Å²) in [5.41, 5.74) is 3.59. The quantitative estimate of drug-likeness (QED) is 0.148. The SMILES string of the molecule is COc1ccc(CNC(=O)c2cc3c(=O)n(Cc4ccc(C(=O)[O-])cc4)cnc3cn2)cc1.COc1ccc(CNC(=O)c2cc3c(=O)n(Cc4ccc(C(=O)[O-])cc4)cnc3cn2)cc1.[Ca+2]. The number of methoxy groups -OCH3 is 2. The van der Waals surface area contributed by atoms with Crippen molar-refractivity contribution in [3.8, 4) is 11.5 Å². The first-order chi connectivity index (χ1) is 31.9. The van der Waals surface area contributed by atoms with Crippen LogP contribution in [0.2, 0.25) is 0 Å². The average molecular weight is 927 g/mol. The standard InChI is InChI=1S/2C24H20N4O5.Ca/c2*1-33-18-8-4-15(5-9-18)11-26-22(29)20-10-19-21(12-25-20)27-14-28(23(19)30)13-16-2-6-17(7-3-16)24(31)32;/h2*2-10,12,14H,11,13H2,1H3,(H,26,29)(H,31,32);/q;;+2/p-2. The number of hydrogen-bond donors (Lipinski definition) is 2. The first kappa shape index (κ1) is 48.7. The van der Waals surface area contributed by atoms with Gasteiger partial charge in [-0.2, -0.15) is 0 Å². The summed E-state index contributed by atoms with van der Waals surface area (Å²) >= 11 is 0. The van der Waals surface area contributed by atoms with Crippen molar-refractivity contribution in [3.05, 3.63) is 200 Å². The number of carboxylic acid groups (broad SMARTS) is 2. The molecule has 0 aliphatic rings. The van der Waals surface area contributed by atoms with Crippen molar-refractivity contribution in [2.24, 2.45) is 0 Å². The molecule has 0 saturated carbocycles. The number of ether oxygens (including phenoxy) is 2. The molecule has 0 atom stereocenters. The number of nitrogens with zero attached hydrogens (tertiary/aromatic N) is 6. The van der Waals surface area contributed by atoms with Crippen molar-refractivity contribution in [3.63, 3.8) is 0 Å². The summed E-state index contributed by atoms with van der Waals surface area (Å²) in [4.78, 5) is 89.6. The molecule has 2 amide bonds. The normalized spacial score (nSPS) is 10.5. The number of pyridine rings is 2. The summed E-state index contributed by atoms with van der Waals surface area (Å²) in [6.07, 6.45) is 5.56. The fraction of sp³-hybridized carbons (Fsp3) is 0.125. The number of benzene rings is 4. The van der Waals surface area contributed by atoms with Crippen LogP contribution in [0.5, 0.6) is 11.5 Å². The molecule has 2 N–H and O–H groups in total. The van der Waals surface area contributed by atoms with E-state index < -0.39 is 23.8 Å². The van der Waals surface area contributed by atoms with E-state index in [4.69, 9.17) is 9.47 Å². The van der Waals surface area contributed by atoms with Crippen LogP contribution in [0.3, 0.4) is 0 Å². The predicted molar refractivity (Wildman–Crippen MR) is 241 cm³/mol. The zero-order chi connectivity index (χ0) is 46.7. The van der Waals surface area contributed by atoms with E-state index in [-0.39, 0.29) is 95.2 Å². The zero-order valence-corrected chi connectivity index (χ0v) is 38.2. The summed E-state index contributed by atoms with van der Waals surface area (Å²) in [5.74, 6) is -1.92. The smallest absolute Gasteiger partial charge is 0.545 e. The molecule has 4 heterocycles. The van der Waals surface area contributed by atoms with E-state index in [1.165, 1.54) is 70.6 Å². The fourth-order valence-electron chi connectivity index (χ4n) is 6.51. The monoisotopic (exact) mass is 926 g/mol. The Labute approximate surface area is 410 Å². The van der Waals surface area contributed by atoms with E-state index in [1.807, 2.05) is 24.3 Å². The van der Waals surface area contributed by atoms with Crippen LogP contribution < -0.4 is 41.4 Å². The van der Waals surface area contributed by atoms with Crippen molar-refractivity contribution >= 4 is 83.3 Å². The Morgan fingerprint density at radius 1 is 0.522 bits per heavy atom. The minimum Gasteiger partial charge on any atom is -0.545 e. The van der Waals surface area contributed by atoms with E-state index in [0.717, 1.165) is 33.8 Å². The van der Waals surface area contributed by atoms with Crippen molar-refractivity contribution in [2.45, 2.75) is 26.2 Å². The minimum absolute atomic E-state index is 0. The number of carboxylic acids is 2. The van der Waals surface area contributed by atoms with Gasteiger partial charge in [-0.3, -0.25) is 28.3 Å². The van der Waals surface area contributed by atoms with Gasteiger partial charge < -0.3 is 39.9 Å². The number of aromatic carboxylic acids is 2. The molecule has 0 aliphatic carbocycles. The number of carbonyl (C=O) groups excluding carboxylic acids is 4. The molecular weight excluding hydrogens is 889 g/mol. The number of rotatable bonds is 14. The van der Waals surface area contributed by atoms with Crippen LogP contribution >= 0.6 is 0 Å². The maximum Gasteiger partial charge on any atom is 2.00 e. The number of carbonyl (C=O) groups is 4. The van der Waals surface area contributed by atoms with Gasteiger partial charge in [-0.25, -0.2) is 19.9 Å². The van der Waals surface area contributed by atoms with Crippen LogP contribution in [0.4, 0.5) is 0 Å². The van der Waals surface area contributed by atoms with Crippen LogP contribution in [-0.2, 0) is 26.2 Å². The number of amides is 2. The van der Waals surface area contributed by atoms with E-state index >= 15 is 0 Å². The summed E-state index contributed by atoms with van der Waals surface area (Å²) < 4.78 is 13.0. The summed E-state index contributed by atoms with van der Waals surface area (Å²) in [6, 6.07) is 29.5. The van der Waals surface area contributed by atoms with E-state index in [0.29, 0.717) is 24.1 Å². The molecule has 18 nitrogen and oxygen atoms in total. The third-order valence-corrected chi connectivity index (χ3v) is 10.2. The summed E-state index contributed by atoms with van der Waals surface area (Å²) in [5, 5.41) is 27.9. The van der Waals surface area contributed by atoms with Gasteiger partial charge in [-0.05, 0) is 69.8 Å². The molecule has 4 aromatic carbocycles. The molecule has 8 aromatic rings. The Balaban J connectivity index is 0.000000218. The maximum absolute atomic E-state index is 13.0. The molecular formula is C48H38CaN8O10. The second kappa shape index (κ2) is 22.4. The Morgan fingerprint density at radius 2 is 0.866 bits per heavy atom. The molecule has 4 aromatic heterocycles. The summed E-state index contributed by atoms with van der Waals surface area (Å²) in [6.45, 7) is 0.968. The number of nitrogens with one attached hydrogen (secondary N) is 2. The average Bonchev–Trinajstić information content (AvgIpc) is 3.35. The molecule has 67 heavy (non-hydrogen) atoms. The first-order valence-electron chi connectivity index (χ1n) is 20.0. The van der Waals surface area contributed by atoms with Crippen molar-refractivity contribution in [1.82, 2.24) is 39.7 Å². The summed E-state index contributed by atoms with van der Waals surface area (Å²) in [7, 11) is 3.16. The third kappa shape index (κ3) is 12.3. The molecule has 0 saturated heterocycles. The van der Waals surface area contributed by atoms with Crippen LogP contribution in [0, 0.1) is 0 Å². The van der Waals surface area contributed by atoms with Crippen LogP contribution in [0.15, 0.2) is 144 Å². The van der Waals surface area contributed by atoms with E-state index in [2.05, 4.69) is 30.6 Å². The zero-order valence-electron chi connectivity index (χ0n) is 36.0. The van der Waals surface area contributed by atoms with Gasteiger partial charge >= 0.3 is 37.7 Å². The molecule has 8 rings (SSSR count). The Hall–Kier alpha value is -7.80. The van der Waals surface area contributed by atoms with Gasteiger partial charge in [-0.1, -0.05) is 72.8 Å². The van der Waals surface area contributed by atoms with Gasteiger partial charge in [0.15, 0.2) is 0 Å². The van der Waals surface area contributed by atoms with Crippen LogP contribution in [0.25, 0.3) is 21.8 Å². The van der Waals surface area contributed by atoms with Crippen molar-refractivity contribution < 1.29 is 38.9 Å². The second-order valence-electron chi connectivity index (χ2n) is 14.6. The Morgan fingerprint density at radius 3 is 1.19 bits per heavy atom. The van der Waals surface area contributed by atoms with Crippen molar-refractivity contribution in [1.29, 1.82) is 0 Å². The Kier molecular flexibility index (Phi) is 16.3. The molecule has 0 fully saturated rings. The maximum atomic E-state index is 13.0. The molecule has 0 aliphatic heterocycles. The Bertz CT molecular complexity index is 2980. The molecule has 0 radical (unpaired) electrons. The topological polar surface area (TPSA) is 252 Å². The van der Waals surface area contributed by atoms with Crippen LogP contribution in [0.1, 0.15) is 63.9 Å². The first-order valence-corrected chi connectivity index (χ1v) is 20.0. The molecule has 0 bridgehead atoms. The second-order valence-corrected chi connectivity index (χ2v) is 14.6. The van der Waals surface area contributed by atoms with E-state index in [1.54, 1.807) is 62.8 Å². The van der Waals surface area contributed by atoms with Gasteiger partial charge in [-0.15, -0.1) is 0 Å². The largest absolute Gasteiger partial charge is 2.00 e. The minimum atomic E-state index is -1.27. The van der Waals surface area contributed by atoms with Gasteiger partial charge in [0.25, 0.3) is 22.9 Å². The molecule has 332 valence electrons. The number of hydrogen-bond acceptors (Lipinski definition) is 14.